The summed E-state index contributed by atoms with van der Waals surface area (Å²) in [6.45, 7) is 0.936. The van der Waals surface area contributed by atoms with Crippen LogP contribution in [0.4, 0.5) is 0 Å². The van der Waals surface area contributed by atoms with Crippen LogP contribution in [0.2, 0.25) is 0 Å². The second kappa shape index (κ2) is 4.61. The molecule has 0 saturated carbocycles. The van der Waals surface area contributed by atoms with Gasteiger partial charge in [0, 0.05) is 12.3 Å². The average Bonchev–Trinajstić information content (AvgIpc) is 2.02. The number of nitrogens with two attached hydrogens (primary N) is 1. The predicted octanol–water partition coefficient (Wildman–Crippen LogP) is -0.921. The lowest BCUT2D eigenvalue weighted by molar-refractivity contribution is -0.127. The van der Waals surface area contributed by atoms with Crippen molar-refractivity contribution in [2.24, 2.45) is 11.7 Å². The first-order chi connectivity index (χ1) is 5.49. The standard InChI is InChI=1S/C7H12N2O3/c1-4(6(12)3-10)2-5(11)7(8)9/h4,10H,2-3H2,1H3,(H3,8,9)/t4-/m0/s1. The smallest absolute Gasteiger partial charge is 0.197 e. The van der Waals surface area contributed by atoms with Crippen LogP contribution in [-0.4, -0.2) is 29.1 Å². The van der Waals surface area contributed by atoms with Crippen LogP contribution in [0.1, 0.15) is 13.3 Å². The van der Waals surface area contributed by atoms with Crippen LogP contribution < -0.4 is 5.73 Å². The van der Waals surface area contributed by atoms with Gasteiger partial charge in [0.1, 0.15) is 6.61 Å². The van der Waals surface area contributed by atoms with Crippen LogP contribution in [-0.2, 0) is 9.59 Å². The van der Waals surface area contributed by atoms with E-state index in [4.69, 9.17) is 16.2 Å². The summed E-state index contributed by atoms with van der Waals surface area (Å²) in [5, 5.41) is 15.2. The Morgan fingerprint density at radius 1 is 1.58 bits per heavy atom. The minimum absolute atomic E-state index is 0.102. The second-order valence-corrected chi connectivity index (χ2v) is 2.57. The van der Waals surface area contributed by atoms with Crippen molar-refractivity contribution in [3.05, 3.63) is 0 Å². The molecule has 68 valence electrons. The molecule has 12 heavy (non-hydrogen) atoms. The molecule has 1 atom stereocenters. The van der Waals surface area contributed by atoms with Crippen molar-refractivity contribution < 1.29 is 14.7 Å². The summed E-state index contributed by atoms with van der Waals surface area (Å²) in [4.78, 5) is 21.5. The second-order valence-electron chi connectivity index (χ2n) is 2.57. The number of hydrogen-bond donors (Lipinski definition) is 3. The molecule has 0 fully saturated rings. The van der Waals surface area contributed by atoms with Gasteiger partial charge in [-0.1, -0.05) is 6.92 Å². The van der Waals surface area contributed by atoms with E-state index in [0.29, 0.717) is 0 Å². The number of hydrogen-bond acceptors (Lipinski definition) is 4. The zero-order valence-corrected chi connectivity index (χ0v) is 6.83. The highest BCUT2D eigenvalue weighted by Crippen LogP contribution is 2.03. The van der Waals surface area contributed by atoms with Crippen molar-refractivity contribution in [2.45, 2.75) is 13.3 Å². The van der Waals surface area contributed by atoms with Gasteiger partial charge in [0.25, 0.3) is 0 Å². The van der Waals surface area contributed by atoms with Gasteiger partial charge in [0.2, 0.25) is 0 Å². The third kappa shape index (κ3) is 3.25. The van der Waals surface area contributed by atoms with E-state index in [9.17, 15) is 9.59 Å². The fraction of sp³-hybridized carbons (Fsp3) is 0.571. The molecule has 5 heteroatoms. The number of carbonyl (C=O) groups is 2. The van der Waals surface area contributed by atoms with Gasteiger partial charge in [-0.3, -0.25) is 15.0 Å². The Morgan fingerprint density at radius 2 is 2.08 bits per heavy atom. The van der Waals surface area contributed by atoms with E-state index < -0.39 is 29.9 Å². The van der Waals surface area contributed by atoms with Crippen molar-refractivity contribution in [2.75, 3.05) is 6.61 Å². The van der Waals surface area contributed by atoms with E-state index in [1.54, 1.807) is 0 Å². The maximum absolute atomic E-state index is 10.8. The summed E-state index contributed by atoms with van der Waals surface area (Å²) >= 11 is 0. The fourth-order valence-corrected chi connectivity index (χ4v) is 0.658. The molecular formula is C7H12N2O3. The van der Waals surface area contributed by atoms with Crippen molar-refractivity contribution in [3.8, 4) is 0 Å². The zero-order valence-electron chi connectivity index (χ0n) is 6.83. The van der Waals surface area contributed by atoms with Gasteiger partial charge in [-0.25, -0.2) is 0 Å². The molecule has 0 unspecified atom stereocenters. The van der Waals surface area contributed by atoms with Crippen LogP contribution in [0.25, 0.3) is 0 Å². The fourth-order valence-electron chi connectivity index (χ4n) is 0.658. The van der Waals surface area contributed by atoms with E-state index in [2.05, 4.69) is 0 Å². The number of amidine groups is 1. The molecule has 0 radical (unpaired) electrons. The molecule has 4 N–H and O–H groups in total. The highest BCUT2D eigenvalue weighted by atomic mass is 16.3. The third-order valence-corrected chi connectivity index (χ3v) is 1.50. The van der Waals surface area contributed by atoms with Crippen LogP contribution in [0.15, 0.2) is 0 Å². The number of aliphatic hydroxyl groups excluding tert-OH is 1. The van der Waals surface area contributed by atoms with E-state index in [-0.39, 0.29) is 6.42 Å². The summed E-state index contributed by atoms with van der Waals surface area (Å²) in [5.41, 5.74) is 4.89. The van der Waals surface area contributed by atoms with Gasteiger partial charge in [0.05, 0.1) is 0 Å². The lowest BCUT2D eigenvalue weighted by Crippen LogP contribution is -2.27. The molecule has 0 aromatic rings. The SMILES string of the molecule is C[C@@H](CC(=O)C(=N)N)C(=O)CO. The zero-order chi connectivity index (χ0) is 9.72. The van der Waals surface area contributed by atoms with E-state index in [1.807, 2.05) is 0 Å². The molecule has 5 nitrogen and oxygen atoms in total. The van der Waals surface area contributed by atoms with Crippen molar-refractivity contribution in [1.29, 1.82) is 5.41 Å². The van der Waals surface area contributed by atoms with Gasteiger partial charge >= 0.3 is 0 Å². The average molecular weight is 172 g/mol. The minimum atomic E-state index is -0.577. The molecule has 0 spiro atoms. The summed E-state index contributed by atoms with van der Waals surface area (Å²) in [6, 6.07) is 0. The number of aliphatic hydroxyl groups is 1. The molecule has 0 amide bonds. The van der Waals surface area contributed by atoms with Gasteiger partial charge in [-0.2, -0.15) is 0 Å². The predicted molar refractivity (Wildman–Crippen MR) is 42.8 cm³/mol. The highest BCUT2D eigenvalue weighted by molar-refractivity contribution is 6.37. The molecular weight excluding hydrogens is 160 g/mol. The van der Waals surface area contributed by atoms with Gasteiger partial charge in [0.15, 0.2) is 17.4 Å². The Hall–Kier alpha value is -1.23. The Labute approximate surface area is 70.1 Å². The van der Waals surface area contributed by atoms with Crippen LogP contribution in [0.5, 0.6) is 0 Å². The number of rotatable bonds is 5. The highest BCUT2D eigenvalue weighted by Gasteiger charge is 2.17. The van der Waals surface area contributed by atoms with Crippen LogP contribution in [0, 0.1) is 11.3 Å². The van der Waals surface area contributed by atoms with Crippen LogP contribution >= 0.6 is 0 Å². The van der Waals surface area contributed by atoms with Crippen LogP contribution in [0.3, 0.4) is 0 Å². The molecule has 0 aromatic carbocycles. The molecule has 0 heterocycles. The first-order valence-electron chi connectivity index (χ1n) is 3.49. The lowest BCUT2D eigenvalue weighted by atomic mass is 10.00. The molecule has 0 rings (SSSR count). The number of Topliss-reactive ketones (excluding diaryl/α,β-unsaturated/α-hetero) is 2. The van der Waals surface area contributed by atoms with Crippen molar-refractivity contribution >= 4 is 17.4 Å². The lowest BCUT2D eigenvalue weighted by Gasteiger charge is -2.05. The first-order valence-corrected chi connectivity index (χ1v) is 3.49. The molecule has 0 aliphatic heterocycles. The molecule has 0 saturated heterocycles. The number of nitrogens with one attached hydrogen (secondary N) is 1. The van der Waals surface area contributed by atoms with Crippen molar-refractivity contribution in [3.63, 3.8) is 0 Å². The minimum Gasteiger partial charge on any atom is -0.389 e. The Balaban J connectivity index is 4.01. The summed E-state index contributed by atoms with van der Waals surface area (Å²) in [7, 11) is 0. The van der Waals surface area contributed by atoms with Gasteiger partial charge < -0.3 is 10.8 Å². The quantitative estimate of drug-likeness (QED) is 0.368. The largest absolute Gasteiger partial charge is 0.389 e. The Morgan fingerprint density at radius 3 is 2.42 bits per heavy atom. The van der Waals surface area contributed by atoms with E-state index in [0.717, 1.165) is 0 Å². The molecule has 0 aromatic heterocycles. The summed E-state index contributed by atoms with van der Waals surface area (Å²) in [5.74, 6) is -2.09. The first kappa shape index (κ1) is 10.8. The maximum Gasteiger partial charge on any atom is 0.197 e. The molecule has 0 bridgehead atoms. The maximum atomic E-state index is 10.8. The topological polar surface area (TPSA) is 104 Å². The third-order valence-electron chi connectivity index (χ3n) is 1.50. The Bertz CT molecular complexity index is 213. The van der Waals surface area contributed by atoms with Gasteiger partial charge in [-0.15, -0.1) is 0 Å². The van der Waals surface area contributed by atoms with E-state index >= 15 is 0 Å². The van der Waals surface area contributed by atoms with Crippen molar-refractivity contribution in [1.82, 2.24) is 0 Å². The number of ketones is 2. The monoisotopic (exact) mass is 172 g/mol. The molecule has 0 aliphatic rings. The number of carbonyl (C=O) groups excluding carboxylic acids is 2. The normalized spacial score (nSPS) is 12.2. The van der Waals surface area contributed by atoms with E-state index in [1.165, 1.54) is 6.92 Å². The molecule has 0 aliphatic carbocycles. The summed E-state index contributed by atoms with van der Waals surface area (Å²) < 4.78 is 0. The Kier molecular flexibility index (Phi) is 4.14. The van der Waals surface area contributed by atoms with Gasteiger partial charge in [-0.05, 0) is 0 Å². The summed E-state index contributed by atoms with van der Waals surface area (Å²) in [6.07, 6.45) is -0.102.